The summed E-state index contributed by atoms with van der Waals surface area (Å²) < 4.78 is 3.41. The van der Waals surface area contributed by atoms with E-state index in [0.717, 1.165) is 23.3 Å². The van der Waals surface area contributed by atoms with Crippen molar-refractivity contribution in [1.29, 1.82) is 0 Å². The molecule has 0 bridgehead atoms. The summed E-state index contributed by atoms with van der Waals surface area (Å²) in [6, 6.07) is 9.74. The molecule has 116 valence electrons. The standard InChI is InChI=1S/C16H15N5OS/c1-3-11-9-14(22)21-16(18-11)23-15(19-21)17-12-5-4-10-6-7-20(2)13(10)8-12/h4-9H,3H2,1-2H3,(H,17,19). The third-order valence-electron chi connectivity index (χ3n) is 3.80. The minimum absolute atomic E-state index is 0.144. The highest BCUT2D eigenvalue weighted by Gasteiger charge is 2.09. The molecule has 0 aliphatic heterocycles. The fourth-order valence-corrected chi connectivity index (χ4v) is 3.40. The molecule has 0 unspecified atom stereocenters. The van der Waals surface area contributed by atoms with E-state index in [-0.39, 0.29) is 5.56 Å². The number of hydrogen-bond donors (Lipinski definition) is 1. The van der Waals surface area contributed by atoms with Crippen LogP contribution in [0.1, 0.15) is 12.6 Å². The third kappa shape index (κ3) is 2.39. The molecule has 6 nitrogen and oxygen atoms in total. The molecule has 1 N–H and O–H groups in total. The zero-order valence-corrected chi connectivity index (χ0v) is 13.6. The van der Waals surface area contributed by atoms with Gasteiger partial charge < -0.3 is 9.88 Å². The van der Waals surface area contributed by atoms with Gasteiger partial charge in [-0.15, -0.1) is 5.10 Å². The van der Waals surface area contributed by atoms with Gasteiger partial charge >= 0.3 is 0 Å². The van der Waals surface area contributed by atoms with Crippen LogP contribution in [0.3, 0.4) is 0 Å². The van der Waals surface area contributed by atoms with Gasteiger partial charge in [-0.2, -0.15) is 4.52 Å². The lowest BCUT2D eigenvalue weighted by Gasteiger charge is -2.03. The minimum Gasteiger partial charge on any atom is -0.350 e. The highest BCUT2D eigenvalue weighted by Crippen LogP contribution is 2.25. The molecular weight excluding hydrogens is 310 g/mol. The fraction of sp³-hybridized carbons (Fsp3) is 0.188. The van der Waals surface area contributed by atoms with Crippen molar-refractivity contribution < 1.29 is 0 Å². The molecule has 0 saturated carbocycles. The molecule has 0 amide bonds. The summed E-state index contributed by atoms with van der Waals surface area (Å²) in [5, 5.41) is 9.41. The number of rotatable bonds is 3. The summed E-state index contributed by atoms with van der Waals surface area (Å²) in [4.78, 5) is 17.1. The van der Waals surface area contributed by atoms with Crippen molar-refractivity contribution in [1.82, 2.24) is 19.2 Å². The largest absolute Gasteiger partial charge is 0.350 e. The summed E-state index contributed by atoms with van der Waals surface area (Å²) in [6.45, 7) is 1.98. The van der Waals surface area contributed by atoms with E-state index in [1.807, 2.05) is 26.2 Å². The Morgan fingerprint density at radius 1 is 1.26 bits per heavy atom. The van der Waals surface area contributed by atoms with Crippen molar-refractivity contribution in [2.45, 2.75) is 13.3 Å². The Hall–Kier alpha value is -2.67. The number of aryl methyl sites for hydroxylation is 2. The molecule has 0 atom stereocenters. The summed E-state index contributed by atoms with van der Waals surface area (Å²) in [6.07, 6.45) is 2.76. The van der Waals surface area contributed by atoms with Crippen LogP contribution in [0.15, 0.2) is 41.3 Å². The summed E-state index contributed by atoms with van der Waals surface area (Å²) in [5.41, 5.74) is 2.71. The zero-order chi connectivity index (χ0) is 16.0. The highest BCUT2D eigenvalue weighted by molar-refractivity contribution is 7.20. The Morgan fingerprint density at radius 3 is 2.96 bits per heavy atom. The second kappa shape index (κ2) is 5.20. The van der Waals surface area contributed by atoms with E-state index in [4.69, 9.17) is 0 Å². The van der Waals surface area contributed by atoms with E-state index in [9.17, 15) is 4.79 Å². The molecule has 0 aliphatic carbocycles. The van der Waals surface area contributed by atoms with Crippen LogP contribution in [0.25, 0.3) is 15.9 Å². The van der Waals surface area contributed by atoms with Crippen molar-refractivity contribution in [3.8, 4) is 0 Å². The van der Waals surface area contributed by atoms with Gasteiger partial charge in [0.05, 0.1) is 0 Å². The SMILES string of the molecule is CCc1cc(=O)n2nc(Nc3ccc4ccn(C)c4c3)sc2n1. The number of hydrogen-bond acceptors (Lipinski definition) is 5. The maximum absolute atomic E-state index is 12.0. The first-order chi connectivity index (χ1) is 11.1. The van der Waals surface area contributed by atoms with Crippen LogP contribution < -0.4 is 10.9 Å². The van der Waals surface area contributed by atoms with Gasteiger partial charge in [-0.05, 0) is 30.0 Å². The van der Waals surface area contributed by atoms with E-state index in [1.54, 1.807) is 0 Å². The molecule has 0 spiro atoms. The number of anilines is 2. The van der Waals surface area contributed by atoms with Crippen LogP contribution >= 0.6 is 11.3 Å². The number of benzene rings is 1. The first kappa shape index (κ1) is 14.0. The smallest absolute Gasteiger partial charge is 0.275 e. The average molecular weight is 325 g/mol. The topological polar surface area (TPSA) is 64.2 Å². The molecule has 4 aromatic rings. The monoisotopic (exact) mass is 325 g/mol. The first-order valence-electron chi connectivity index (χ1n) is 7.36. The molecule has 0 radical (unpaired) electrons. The van der Waals surface area contributed by atoms with Crippen LogP contribution in [0.4, 0.5) is 10.8 Å². The van der Waals surface area contributed by atoms with E-state index < -0.39 is 0 Å². The van der Waals surface area contributed by atoms with Crippen molar-refractivity contribution in [2.75, 3.05) is 5.32 Å². The fourth-order valence-electron chi connectivity index (χ4n) is 2.55. The lowest BCUT2D eigenvalue weighted by atomic mass is 10.2. The van der Waals surface area contributed by atoms with E-state index in [1.165, 1.54) is 27.3 Å². The average Bonchev–Trinajstić information content (AvgIpc) is 3.11. The summed E-state index contributed by atoms with van der Waals surface area (Å²) in [5.74, 6) is 0. The van der Waals surface area contributed by atoms with Crippen molar-refractivity contribution in [3.63, 3.8) is 0 Å². The van der Waals surface area contributed by atoms with Crippen molar-refractivity contribution in [3.05, 3.63) is 52.6 Å². The Bertz CT molecular complexity index is 1080. The van der Waals surface area contributed by atoms with E-state index in [0.29, 0.717) is 10.1 Å². The van der Waals surface area contributed by atoms with E-state index in [2.05, 4.69) is 38.2 Å². The third-order valence-corrected chi connectivity index (χ3v) is 4.62. The quantitative estimate of drug-likeness (QED) is 0.629. The molecule has 0 aliphatic rings. The van der Waals surface area contributed by atoms with Crippen LogP contribution in [0, 0.1) is 0 Å². The van der Waals surface area contributed by atoms with Crippen LogP contribution in [-0.2, 0) is 13.5 Å². The molecule has 0 fully saturated rings. The summed E-state index contributed by atoms with van der Waals surface area (Å²) >= 11 is 1.37. The van der Waals surface area contributed by atoms with Gasteiger partial charge in [-0.1, -0.05) is 24.3 Å². The van der Waals surface area contributed by atoms with Gasteiger partial charge in [0, 0.05) is 36.2 Å². The molecule has 3 heterocycles. The normalized spacial score (nSPS) is 11.4. The number of aromatic nitrogens is 4. The second-order valence-corrected chi connectivity index (χ2v) is 6.32. The van der Waals surface area contributed by atoms with Gasteiger partial charge in [-0.3, -0.25) is 4.79 Å². The predicted molar refractivity (Wildman–Crippen MR) is 92.7 cm³/mol. The maximum Gasteiger partial charge on any atom is 0.275 e. The molecule has 23 heavy (non-hydrogen) atoms. The molecule has 0 saturated heterocycles. The number of fused-ring (bicyclic) bond motifs is 2. The Kier molecular flexibility index (Phi) is 3.16. The van der Waals surface area contributed by atoms with Gasteiger partial charge in [0.15, 0.2) is 0 Å². The summed E-state index contributed by atoms with van der Waals surface area (Å²) in [7, 11) is 2.01. The second-order valence-electron chi connectivity index (χ2n) is 5.37. The van der Waals surface area contributed by atoms with Gasteiger partial charge in [0.1, 0.15) is 0 Å². The van der Waals surface area contributed by atoms with Gasteiger partial charge in [0.25, 0.3) is 5.56 Å². The lowest BCUT2D eigenvalue weighted by molar-refractivity contribution is 0.879. The Morgan fingerprint density at radius 2 is 2.13 bits per heavy atom. The molecule has 1 aromatic carbocycles. The zero-order valence-electron chi connectivity index (χ0n) is 12.8. The highest BCUT2D eigenvalue weighted by atomic mass is 32.1. The molecule has 7 heteroatoms. The minimum atomic E-state index is -0.144. The molecule has 3 aromatic heterocycles. The van der Waals surface area contributed by atoms with Crippen LogP contribution in [0.2, 0.25) is 0 Å². The number of nitrogens with one attached hydrogen (secondary N) is 1. The predicted octanol–water partition coefficient (Wildman–Crippen LogP) is 2.95. The first-order valence-corrected chi connectivity index (χ1v) is 8.17. The Balaban J connectivity index is 1.75. The lowest BCUT2D eigenvalue weighted by Crippen LogP contribution is -2.15. The van der Waals surface area contributed by atoms with Crippen LogP contribution in [0.5, 0.6) is 0 Å². The van der Waals surface area contributed by atoms with Crippen molar-refractivity contribution >= 4 is 38.0 Å². The van der Waals surface area contributed by atoms with E-state index >= 15 is 0 Å². The van der Waals surface area contributed by atoms with Crippen LogP contribution in [-0.4, -0.2) is 19.2 Å². The maximum atomic E-state index is 12.0. The molecule has 4 rings (SSSR count). The van der Waals surface area contributed by atoms with Gasteiger partial charge in [0.2, 0.25) is 10.1 Å². The van der Waals surface area contributed by atoms with Crippen molar-refractivity contribution in [2.24, 2.45) is 7.05 Å². The molecular formula is C16H15N5OS. The Labute approximate surface area is 136 Å². The number of nitrogens with zero attached hydrogens (tertiary/aromatic N) is 4. The van der Waals surface area contributed by atoms with Gasteiger partial charge in [-0.25, -0.2) is 4.98 Å².